The number of anilines is 3. The van der Waals surface area contributed by atoms with Crippen LogP contribution in [0.4, 0.5) is 17.1 Å². The van der Waals surface area contributed by atoms with Crippen LogP contribution >= 0.6 is 46.5 Å². The molecule has 0 spiro atoms. The van der Waals surface area contributed by atoms with E-state index >= 15 is 0 Å². The van der Waals surface area contributed by atoms with Gasteiger partial charge in [0.2, 0.25) is 5.91 Å². The Bertz CT molecular complexity index is 1920. The number of pyridine rings is 2. The molecule has 0 aliphatic rings. The molecule has 3 aromatic heterocycles. The number of aromatic nitrogens is 2. The number of benzene rings is 2. The van der Waals surface area contributed by atoms with Crippen LogP contribution in [0, 0.1) is 6.92 Å². The van der Waals surface area contributed by atoms with Crippen LogP contribution in [0.5, 0.6) is 5.75 Å². The molecule has 2 N–H and O–H groups in total. The molecule has 250 valence electrons. The van der Waals surface area contributed by atoms with E-state index in [9.17, 15) is 14.4 Å². The molecule has 0 aliphatic carbocycles. The lowest BCUT2D eigenvalue weighted by Gasteiger charge is -2.28. The van der Waals surface area contributed by atoms with Crippen molar-refractivity contribution >= 4 is 91.4 Å². The monoisotopic (exact) mass is 723 g/mol. The van der Waals surface area contributed by atoms with Crippen molar-refractivity contribution in [1.29, 1.82) is 0 Å². The normalized spacial score (nSPS) is 10.9. The number of aryl methyl sites for hydroxylation is 1. The summed E-state index contributed by atoms with van der Waals surface area (Å²) in [4.78, 5) is 47.1. The minimum absolute atomic E-state index is 0.189. The average molecular weight is 725 g/mol. The van der Waals surface area contributed by atoms with Crippen LogP contribution in [0.15, 0.2) is 73.1 Å². The summed E-state index contributed by atoms with van der Waals surface area (Å²) in [5.74, 6) is -0.501. The number of hydrogen-bond acceptors (Lipinski definition) is 8. The van der Waals surface area contributed by atoms with Gasteiger partial charge in [-0.3, -0.25) is 14.4 Å². The number of ether oxygens (including phenoxy) is 1. The Labute approximate surface area is 298 Å². The van der Waals surface area contributed by atoms with Crippen LogP contribution in [0.1, 0.15) is 58.9 Å². The largest absolute Gasteiger partial charge is 0.492 e. The number of carbonyl (C=O) groups excluding carboxylic acids is 3. The van der Waals surface area contributed by atoms with Gasteiger partial charge in [-0.05, 0) is 83.3 Å². The van der Waals surface area contributed by atoms with Crippen LogP contribution in [0.25, 0.3) is 10.1 Å². The van der Waals surface area contributed by atoms with Gasteiger partial charge in [0.1, 0.15) is 16.0 Å². The Morgan fingerprint density at radius 1 is 0.917 bits per heavy atom. The van der Waals surface area contributed by atoms with Crippen molar-refractivity contribution in [3.05, 3.63) is 105 Å². The predicted molar refractivity (Wildman–Crippen MR) is 199 cm³/mol. The van der Waals surface area contributed by atoms with Crippen molar-refractivity contribution in [3.8, 4) is 5.75 Å². The smallest absolute Gasteiger partial charge is 0.270 e. The Balaban J connectivity index is 0.000000569. The molecule has 3 amide bonds. The van der Waals surface area contributed by atoms with Crippen molar-refractivity contribution < 1.29 is 19.1 Å². The third-order valence-corrected chi connectivity index (χ3v) is 9.26. The number of thiophene rings is 1. The van der Waals surface area contributed by atoms with Gasteiger partial charge in [-0.1, -0.05) is 62.2 Å². The number of amides is 3. The number of carbonyl (C=O) groups is 3. The second-order valence-corrected chi connectivity index (χ2v) is 14.2. The fourth-order valence-corrected chi connectivity index (χ4v) is 6.36. The molecule has 0 fully saturated rings. The van der Waals surface area contributed by atoms with Crippen LogP contribution in [0.2, 0.25) is 10.3 Å². The summed E-state index contributed by atoms with van der Waals surface area (Å²) < 4.78 is 8.10. The molecule has 0 radical (unpaired) electrons. The highest BCUT2D eigenvalue weighted by atomic mass is 35.5. The van der Waals surface area contributed by atoms with Gasteiger partial charge in [-0.15, -0.1) is 11.3 Å². The Hall–Kier alpha value is -4.16. The minimum atomic E-state index is -0.339. The van der Waals surface area contributed by atoms with Gasteiger partial charge in [-0.2, -0.15) is 0 Å². The molecule has 2 aromatic carbocycles. The highest BCUT2D eigenvalue weighted by molar-refractivity contribution is 8.00. The quantitative estimate of drug-likeness (QED) is 0.127. The molecule has 48 heavy (non-hydrogen) atoms. The second-order valence-electron chi connectivity index (χ2n) is 11.6. The van der Waals surface area contributed by atoms with Crippen molar-refractivity contribution in [2.24, 2.45) is 0 Å². The molecule has 3 heterocycles. The van der Waals surface area contributed by atoms with Gasteiger partial charge in [0.05, 0.1) is 33.6 Å². The zero-order chi connectivity index (χ0) is 35.2. The Morgan fingerprint density at radius 2 is 1.60 bits per heavy atom. The zero-order valence-corrected chi connectivity index (χ0v) is 30.6. The van der Waals surface area contributed by atoms with E-state index < -0.39 is 0 Å². The van der Waals surface area contributed by atoms with Crippen molar-refractivity contribution in [1.82, 2.24) is 9.97 Å². The molecule has 0 atom stereocenters. The maximum atomic E-state index is 13.5. The van der Waals surface area contributed by atoms with Crippen molar-refractivity contribution in [2.45, 2.75) is 40.0 Å². The third kappa shape index (κ3) is 9.04. The van der Waals surface area contributed by atoms with Crippen molar-refractivity contribution in [2.75, 3.05) is 28.3 Å². The number of nitrogens with one attached hydrogen (secondary N) is 2. The molecule has 0 aliphatic heterocycles. The number of rotatable bonds is 7. The van der Waals surface area contributed by atoms with Gasteiger partial charge in [0.15, 0.2) is 5.75 Å². The fourth-order valence-electron chi connectivity index (χ4n) is 4.51. The highest BCUT2D eigenvalue weighted by Gasteiger charge is 2.28. The van der Waals surface area contributed by atoms with Gasteiger partial charge in [0.25, 0.3) is 11.8 Å². The maximum absolute atomic E-state index is 13.5. The first-order valence-corrected chi connectivity index (χ1v) is 17.4. The zero-order valence-electron chi connectivity index (χ0n) is 27.5. The molecule has 0 unspecified atom stereocenters. The molecule has 13 heteroatoms. The van der Waals surface area contributed by atoms with Crippen LogP contribution in [-0.2, 0) is 10.2 Å². The first kappa shape index (κ1) is 36.7. The molecule has 5 rings (SSSR count). The summed E-state index contributed by atoms with van der Waals surface area (Å²) in [5.41, 5.74) is 3.64. The summed E-state index contributed by atoms with van der Waals surface area (Å²) in [5, 5.41) is 7.49. The van der Waals surface area contributed by atoms with E-state index in [1.54, 1.807) is 42.8 Å². The first-order chi connectivity index (χ1) is 22.7. The van der Waals surface area contributed by atoms with Gasteiger partial charge in [-0.25, -0.2) is 14.3 Å². The standard InChI is InChI=1S/C29H29ClN4O4S2.C6H6ClN/c1-16(35)32-20-9-7-8-17-12-23(40-26(17)20)27(36)33-21-13-19(29(2,3)4)14-22(25(21)38-5)34(39-6)28(37)18-10-11-24(30)31-15-18;1-5-2-3-6(7)8-4-5/h7-15H,1-6H3,(H,32,35)(H,33,36);2-4H,1H3. The number of nitrogens with zero attached hydrogens (tertiary/aromatic N) is 3. The molecule has 9 nitrogen and oxygen atoms in total. The highest BCUT2D eigenvalue weighted by Crippen LogP contribution is 2.43. The second kappa shape index (κ2) is 15.8. The predicted octanol–water partition coefficient (Wildman–Crippen LogP) is 9.43. The SMILES string of the molecule is COc1c(NC(=O)c2cc3cccc(NC(C)=O)c3s2)cc(C(C)(C)C)cc1N(SC)C(=O)c1ccc(Cl)nc1.Cc1ccc(Cl)nc1. The number of methoxy groups -OCH3 is 1. The number of halogens is 2. The summed E-state index contributed by atoms with van der Waals surface area (Å²) in [7, 11) is 1.50. The van der Waals surface area contributed by atoms with E-state index in [1.807, 2.05) is 58.0 Å². The molecule has 5 aromatic rings. The lowest BCUT2D eigenvalue weighted by Crippen LogP contribution is -2.25. The lowest BCUT2D eigenvalue weighted by atomic mass is 9.86. The molecule has 0 bridgehead atoms. The molecule has 0 saturated heterocycles. The van der Waals surface area contributed by atoms with Crippen LogP contribution in [-0.4, -0.2) is 41.1 Å². The average Bonchev–Trinajstić information content (AvgIpc) is 3.48. The van der Waals surface area contributed by atoms with Gasteiger partial charge in [0, 0.05) is 25.6 Å². The van der Waals surface area contributed by atoms with Crippen LogP contribution < -0.4 is 19.7 Å². The number of fused-ring (bicyclic) bond motifs is 1. The first-order valence-electron chi connectivity index (χ1n) is 14.6. The Morgan fingerprint density at radius 3 is 2.15 bits per heavy atom. The summed E-state index contributed by atoms with van der Waals surface area (Å²) in [6, 6.07) is 17.9. The Kier molecular flexibility index (Phi) is 12.1. The summed E-state index contributed by atoms with van der Waals surface area (Å²) >= 11 is 13.9. The van der Waals surface area contributed by atoms with E-state index in [0.717, 1.165) is 21.2 Å². The number of hydrogen-bond donors (Lipinski definition) is 2. The van der Waals surface area contributed by atoms with E-state index in [-0.39, 0.29) is 28.3 Å². The minimum Gasteiger partial charge on any atom is -0.492 e. The van der Waals surface area contributed by atoms with E-state index in [4.69, 9.17) is 27.9 Å². The van der Waals surface area contributed by atoms with Gasteiger partial charge < -0.3 is 15.4 Å². The van der Waals surface area contributed by atoms with E-state index in [1.165, 1.54) is 47.8 Å². The fraction of sp³-hybridized carbons (Fsp3) is 0.229. The third-order valence-electron chi connectivity index (χ3n) is 6.90. The maximum Gasteiger partial charge on any atom is 0.270 e. The molecular weight excluding hydrogens is 689 g/mol. The topological polar surface area (TPSA) is 114 Å². The molecular formula is C35H35Cl2N5O4S2. The van der Waals surface area contributed by atoms with Gasteiger partial charge >= 0.3 is 0 Å². The van der Waals surface area contributed by atoms with Crippen LogP contribution in [0.3, 0.4) is 0 Å². The summed E-state index contributed by atoms with van der Waals surface area (Å²) in [6.07, 6.45) is 4.95. The van der Waals surface area contributed by atoms with Crippen molar-refractivity contribution in [3.63, 3.8) is 0 Å². The molecule has 0 saturated carbocycles. The van der Waals surface area contributed by atoms with E-state index in [2.05, 4.69) is 20.6 Å². The lowest BCUT2D eigenvalue weighted by molar-refractivity contribution is -0.114. The van der Waals surface area contributed by atoms with E-state index in [0.29, 0.717) is 38.4 Å². The summed E-state index contributed by atoms with van der Waals surface area (Å²) in [6.45, 7) is 9.57.